The average Bonchev–Trinajstić information content (AvgIpc) is 2.79. The number of carbonyl (C=O) groups is 1. The van der Waals surface area contributed by atoms with Crippen molar-refractivity contribution in [2.45, 2.75) is 51.4 Å². The Morgan fingerprint density at radius 3 is 2.88 bits per heavy atom. The first-order valence-corrected chi connectivity index (χ1v) is 6.27. The molecule has 0 spiro atoms. The zero-order chi connectivity index (χ0) is 12.1. The third-order valence-corrected chi connectivity index (χ3v) is 3.06. The van der Waals surface area contributed by atoms with Gasteiger partial charge in [0.15, 0.2) is 5.82 Å². The fraction of sp³-hybridized carbons (Fsp3) is 0.750. The summed E-state index contributed by atoms with van der Waals surface area (Å²) in [4.78, 5) is 15.5. The third-order valence-electron chi connectivity index (χ3n) is 3.06. The molecule has 1 aromatic heterocycles. The van der Waals surface area contributed by atoms with Crippen molar-refractivity contribution in [2.24, 2.45) is 0 Å². The fourth-order valence-corrected chi connectivity index (χ4v) is 2.20. The summed E-state index contributed by atoms with van der Waals surface area (Å²) in [6, 6.07) is 0. The molecule has 0 unspecified atom stereocenters. The van der Waals surface area contributed by atoms with Crippen LogP contribution < -0.4 is 0 Å². The molecule has 0 saturated heterocycles. The van der Waals surface area contributed by atoms with Gasteiger partial charge in [0, 0.05) is 5.92 Å². The van der Waals surface area contributed by atoms with Gasteiger partial charge >= 0.3 is 5.97 Å². The van der Waals surface area contributed by atoms with Crippen LogP contribution in [0.25, 0.3) is 0 Å². The molecule has 1 aromatic rings. The summed E-state index contributed by atoms with van der Waals surface area (Å²) in [6.45, 7) is 2.15. The first kappa shape index (κ1) is 12.1. The van der Waals surface area contributed by atoms with Gasteiger partial charge in [0.05, 0.1) is 6.61 Å². The summed E-state index contributed by atoms with van der Waals surface area (Å²) in [5.74, 6) is 1.21. The third kappa shape index (κ3) is 3.28. The van der Waals surface area contributed by atoms with Gasteiger partial charge < -0.3 is 9.26 Å². The molecule has 0 N–H and O–H groups in total. The maximum Gasteiger partial charge on any atom is 0.315 e. The summed E-state index contributed by atoms with van der Waals surface area (Å²) in [5, 5.41) is 3.96. The molecule has 0 atom stereocenters. The molecule has 5 nitrogen and oxygen atoms in total. The van der Waals surface area contributed by atoms with E-state index in [1.54, 1.807) is 6.92 Å². The van der Waals surface area contributed by atoms with Gasteiger partial charge in [-0.1, -0.05) is 24.4 Å². The van der Waals surface area contributed by atoms with E-state index >= 15 is 0 Å². The molecule has 0 radical (unpaired) electrons. The Morgan fingerprint density at radius 1 is 1.41 bits per heavy atom. The molecular formula is C12H18N2O3. The lowest BCUT2D eigenvalue weighted by Crippen LogP contribution is -2.09. The molecule has 0 aromatic carbocycles. The number of aromatic nitrogens is 2. The SMILES string of the molecule is CCOC(=O)Cc1nc(C2CCCCC2)no1. The molecule has 1 saturated carbocycles. The van der Waals surface area contributed by atoms with Crippen molar-refractivity contribution < 1.29 is 14.1 Å². The first-order valence-electron chi connectivity index (χ1n) is 6.27. The van der Waals surface area contributed by atoms with Gasteiger partial charge in [-0.05, 0) is 19.8 Å². The zero-order valence-electron chi connectivity index (χ0n) is 10.1. The Hall–Kier alpha value is -1.39. The van der Waals surface area contributed by atoms with Crippen LogP contribution in [0.2, 0.25) is 0 Å². The lowest BCUT2D eigenvalue weighted by atomic mass is 9.89. The topological polar surface area (TPSA) is 65.2 Å². The molecular weight excluding hydrogens is 220 g/mol. The van der Waals surface area contributed by atoms with Crippen LogP contribution in [0.3, 0.4) is 0 Å². The average molecular weight is 238 g/mol. The molecule has 0 bridgehead atoms. The number of carbonyl (C=O) groups excluding carboxylic acids is 1. The van der Waals surface area contributed by atoms with Crippen LogP contribution in [-0.2, 0) is 16.0 Å². The lowest BCUT2D eigenvalue weighted by molar-refractivity contribution is -0.142. The van der Waals surface area contributed by atoms with E-state index in [1.807, 2.05) is 0 Å². The molecule has 0 amide bonds. The number of nitrogens with zero attached hydrogens (tertiary/aromatic N) is 2. The van der Waals surface area contributed by atoms with Crippen molar-refractivity contribution in [3.8, 4) is 0 Å². The summed E-state index contributed by atoms with van der Waals surface area (Å²) in [6.07, 6.45) is 6.08. The quantitative estimate of drug-likeness (QED) is 0.752. The van der Waals surface area contributed by atoms with E-state index < -0.39 is 0 Å². The second-order valence-corrected chi connectivity index (χ2v) is 4.36. The summed E-state index contributed by atoms with van der Waals surface area (Å²) in [5.41, 5.74) is 0. The summed E-state index contributed by atoms with van der Waals surface area (Å²) in [7, 11) is 0. The van der Waals surface area contributed by atoms with Crippen LogP contribution in [0.15, 0.2) is 4.52 Å². The van der Waals surface area contributed by atoms with Gasteiger partial charge in [0.25, 0.3) is 0 Å². The van der Waals surface area contributed by atoms with Crippen molar-refractivity contribution in [2.75, 3.05) is 6.61 Å². The van der Waals surface area contributed by atoms with Crippen LogP contribution in [0.5, 0.6) is 0 Å². The van der Waals surface area contributed by atoms with Crippen molar-refractivity contribution >= 4 is 5.97 Å². The largest absolute Gasteiger partial charge is 0.466 e. The van der Waals surface area contributed by atoms with E-state index in [0.29, 0.717) is 18.4 Å². The zero-order valence-corrected chi connectivity index (χ0v) is 10.1. The maximum absolute atomic E-state index is 11.2. The van der Waals surface area contributed by atoms with Gasteiger partial charge in [-0.2, -0.15) is 4.98 Å². The van der Waals surface area contributed by atoms with Gasteiger partial charge in [-0.15, -0.1) is 0 Å². The van der Waals surface area contributed by atoms with E-state index in [1.165, 1.54) is 19.3 Å². The van der Waals surface area contributed by atoms with E-state index in [4.69, 9.17) is 9.26 Å². The Balaban J connectivity index is 1.93. The highest BCUT2D eigenvalue weighted by atomic mass is 16.5. The van der Waals surface area contributed by atoms with Crippen LogP contribution in [0, 0.1) is 0 Å². The number of esters is 1. The van der Waals surface area contributed by atoms with Crippen molar-refractivity contribution in [1.29, 1.82) is 0 Å². The molecule has 2 rings (SSSR count). The Kier molecular flexibility index (Phi) is 4.12. The van der Waals surface area contributed by atoms with Crippen molar-refractivity contribution in [3.05, 3.63) is 11.7 Å². The normalized spacial score (nSPS) is 17.0. The molecule has 1 aliphatic rings. The van der Waals surface area contributed by atoms with Crippen LogP contribution in [0.1, 0.15) is 56.7 Å². The summed E-state index contributed by atoms with van der Waals surface area (Å²) < 4.78 is 9.91. The molecule has 1 heterocycles. The minimum atomic E-state index is -0.314. The van der Waals surface area contributed by atoms with Gasteiger partial charge in [0.1, 0.15) is 6.42 Å². The molecule has 1 fully saturated rings. The van der Waals surface area contributed by atoms with Crippen molar-refractivity contribution in [1.82, 2.24) is 10.1 Å². The molecule has 17 heavy (non-hydrogen) atoms. The Labute approximate surface area is 101 Å². The highest BCUT2D eigenvalue weighted by Crippen LogP contribution is 2.30. The Bertz CT molecular complexity index is 370. The second-order valence-electron chi connectivity index (χ2n) is 4.36. The number of hydrogen-bond acceptors (Lipinski definition) is 5. The standard InChI is InChI=1S/C12H18N2O3/c1-2-16-11(15)8-10-13-12(14-17-10)9-6-4-3-5-7-9/h9H,2-8H2,1H3. The predicted molar refractivity (Wildman–Crippen MR) is 60.5 cm³/mol. The Morgan fingerprint density at radius 2 is 2.18 bits per heavy atom. The van der Waals surface area contributed by atoms with Crippen LogP contribution >= 0.6 is 0 Å². The van der Waals surface area contributed by atoms with E-state index in [9.17, 15) is 4.79 Å². The molecule has 5 heteroatoms. The van der Waals surface area contributed by atoms with Crippen LogP contribution in [0.4, 0.5) is 0 Å². The highest BCUT2D eigenvalue weighted by Gasteiger charge is 2.21. The molecule has 94 valence electrons. The van der Waals surface area contributed by atoms with E-state index in [2.05, 4.69) is 10.1 Å². The fourth-order valence-electron chi connectivity index (χ4n) is 2.20. The number of ether oxygens (including phenoxy) is 1. The first-order chi connectivity index (χ1) is 8.29. The van der Waals surface area contributed by atoms with Gasteiger partial charge in [-0.3, -0.25) is 4.79 Å². The van der Waals surface area contributed by atoms with E-state index in [0.717, 1.165) is 18.7 Å². The molecule has 1 aliphatic carbocycles. The minimum Gasteiger partial charge on any atom is -0.466 e. The van der Waals surface area contributed by atoms with Gasteiger partial charge in [-0.25, -0.2) is 0 Å². The van der Waals surface area contributed by atoms with Crippen molar-refractivity contribution in [3.63, 3.8) is 0 Å². The maximum atomic E-state index is 11.2. The minimum absolute atomic E-state index is 0.0769. The number of hydrogen-bond donors (Lipinski definition) is 0. The monoisotopic (exact) mass is 238 g/mol. The van der Waals surface area contributed by atoms with Gasteiger partial charge in [0.2, 0.25) is 5.89 Å². The van der Waals surface area contributed by atoms with E-state index in [-0.39, 0.29) is 12.4 Å². The number of rotatable bonds is 4. The molecule has 0 aliphatic heterocycles. The summed E-state index contributed by atoms with van der Waals surface area (Å²) >= 11 is 0. The second kappa shape index (κ2) is 5.80. The highest BCUT2D eigenvalue weighted by molar-refractivity contribution is 5.71. The van der Waals surface area contributed by atoms with Crippen LogP contribution in [-0.4, -0.2) is 22.7 Å². The smallest absolute Gasteiger partial charge is 0.315 e. The lowest BCUT2D eigenvalue weighted by Gasteiger charge is -2.17. The predicted octanol–water partition coefficient (Wildman–Crippen LogP) is 2.22.